The number of carbonyl (C=O) groups excluding carboxylic acids is 1. The summed E-state index contributed by atoms with van der Waals surface area (Å²) < 4.78 is 0. The number of thiocarbonyl (C=S) groups is 1. The van der Waals surface area contributed by atoms with Crippen LogP contribution in [0.15, 0.2) is 29.6 Å². The Hall–Kier alpha value is -1.99. The number of thiazole rings is 1. The van der Waals surface area contributed by atoms with Crippen molar-refractivity contribution in [3.8, 4) is 0 Å². The first kappa shape index (κ1) is 20.3. The van der Waals surface area contributed by atoms with Gasteiger partial charge in [0, 0.05) is 24.5 Å². The smallest absolute Gasteiger partial charge is 0.225 e. The van der Waals surface area contributed by atoms with E-state index in [1.54, 1.807) is 11.8 Å². The maximum Gasteiger partial charge on any atom is 0.225 e. The monoisotopic (exact) mass is 390 g/mol. The predicted molar refractivity (Wildman–Crippen MR) is 114 cm³/mol. The minimum absolute atomic E-state index is 0.00247. The van der Waals surface area contributed by atoms with Crippen molar-refractivity contribution in [3.05, 3.63) is 40.9 Å². The molecule has 0 aliphatic heterocycles. The van der Waals surface area contributed by atoms with E-state index in [1.807, 2.05) is 30.5 Å². The Balaban J connectivity index is 1.98. The van der Waals surface area contributed by atoms with Gasteiger partial charge in [0.15, 0.2) is 10.2 Å². The predicted octanol–water partition coefficient (Wildman–Crippen LogP) is 4.30. The molecule has 0 fully saturated rings. The molecule has 1 aromatic carbocycles. The average molecular weight is 391 g/mol. The second-order valence-corrected chi connectivity index (χ2v) is 8.23. The molecular weight excluding hydrogens is 364 g/mol. The summed E-state index contributed by atoms with van der Waals surface area (Å²) in [5.74, 6) is -0.00247. The van der Waals surface area contributed by atoms with Gasteiger partial charge in [0.25, 0.3) is 0 Å². The summed E-state index contributed by atoms with van der Waals surface area (Å²) in [5.41, 5.74) is 3.10. The van der Waals surface area contributed by atoms with Crippen LogP contribution in [0.4, 0.5) is 10.8 Å². The molecule has 0 spiro atoms. The van der Waals surface area contributed by atoms with Crippen molar-refractivity contribution < 1.29 is 4.79 Å². The number of benzene rings is 1. The summed E-state index contributed by atoms with van der Waals surface area (Å²) in [6.07, 6.45) is 0. The molecule has 0 unspecified atom stereocenters. The van der Waals surface area contributed by atoms with Crippen molar-refractivity contribution >= 4 is 45.4 Å². The highest BCUT2D eigenvalue weighted by molar-refractivity contribution is 7.80. The van der Waals surface area contributed by atoms with Gasteiger partial charge >= 0.3 is 0 Å². The van der Waals surface area contributed by atoms with Crippen LogP contribution in [-0.4, -0.2) is 22.5 Å². The van der Waals surface area contributed by atoms with Gasteiger partial charge in [0.1, 0.15) is 0 Å². The van der Waals surface area contributed by atoms with Crippen molar-refractivity contribution in [2.75, 3.05) is 16.8 Å². The molecule has 2 N–H and O–H groups in total. The van der Waals surface area contributed by atoms with Crippen LogP contribution < -0.4 is 15.5 Å². The molecule has 0 aliphatic rings. The van der Waals surface area contributed by atoms with Crippen LogP contribution >= 0.6 is 23.6 Å². The second kappa shape index (κ2) is 8.60. The minimum atomic E-state index is -0.00247. The van der Waals surface area contributed by atoms with E-state index in [4.69, 9.17) is 12.2 Å². The van der Waals surface area contributed by atoms with Crippen LogP contribution in [0.2, 0.25) is 0 Å². The molecule has 5 nitrogen and oxygen atoms in total. The standard InChI is InChI=1S/C19H26N4OS2/c1-6-23(13(2)24)18-21-14(12-26-18)11-20-17(25)22-16-10-8-7-9-15(16)19(3,4)5/h7-10,12H,6,11H2,1-5H3,(H2,20,22,25). The molecule has 0 saturated heterocycles. The molecule has 1 amide bonds. The van der Waals surface area contributed by atoms with Crippen molar-refractivity contribution in [1.82, 2.24) is 10.3 Å². The summed E-state index contributed by atoms with van der Waals surface area (Å²) in [6, 6.07) is 8.17. The molecule has 26 heavy (non-hydrogen) atoms. The third kappa shape index (κ3) is 5.25. The normalized spacial score (nSPS) is 11.1. The zero-order valence-corrected chi connectivity index (χ0v) is 17.6. The Bertz CT molecular complexity index is 780. The van der Waals surface area contributed by atoms with Crippen molar-refractivity contribution in [3.63, 3.8) is 0 Å². The second-order valence-electron chi connectivity index (χ2n) is 6.99. The van der Waals surface area contributed by atoms with Crippen molar-refractivity contribution in [2.24, 2.45) is 0 Å². The van der Waals surface area contributed by atoms with Gasteiger partial charge in [-0.3, -0.25) is 9.69 Å². The largest absolute Gasteiger partial charge is 0.357 e. The zero-order chi connectivity index (χ0) is 19.3. The summed E-state index contributed by atoms with van der Waals surface area (Å²) in [4.78, 5) is 17.8. The van der Waals surface area contributed by atoms with E-state index in [2.05, 4.69) is 42.5 Å². The fourth-order valence-electron chi connectivity index (χ4n) is 2.58. The number of carbonyl (C=O) groups is 1. The van der Waals surface area contributed by atoms with E-state index in [-0.39, 0.29) is 11.3 Å². The summed E-state index contributed by atoms with van der Waals surface area (Å²) >= 11 is 6.89. The van der Waals surface area contributed by atoms with Gasteiger partial charge in [-0.1, -0.05) is 39.0 Å². The molecule has 140 valence electrons. The maximum atomic E-state index is 11.6. The quantitative estimate of drug-likeness (QED) is 0.746. The number of rotatable bonds is 5. The SMILES string of the molecule is CCN(C(C)=O)c1nc(CNC(=S)Nc2ccccc2C(C)(C)C)cs1. The highest BCUT2D eigenvalue weighted by atomic mass is 32.1. The lowest BCUT2D eigenvalue weighted by Gasteiger charge is -2.23. The van der Waals surface area contributed by atoms with E-state index < -0.39 is 0 Å². The summed E-state index contributed by atoms with van der Waals surface area (Å²) in [6.45, 7) is 11.1. The van der Waals surface area contributed by atoms with E-state index >= 15 is 0 Å². The number of aromatic nitrogens is 1. The van der Waals surface area contributed by atoms with Gasteiger partial charge in [-0.25, -0.2) is 4.98 Å². The minimum Gasteiger partial charge on any atom is -0.357 e. The number of nitrogens with one attached hydrogen (secondary N) is 2. The van der Waals surface area contributed by atoms with Crippen LogP contribution in [-0.2, 0) is 16.8 Å². The van der Waals surface area contributed by atoms with E-state index in [1.165, 1.54) is 16.9 Å². The third-order valence-electron chi connectivity index (χ3n) is 3.88. The van der Waals surface area contributed by atoms with E-state index in [0.29, 0.717) is 23.3 Å². The Morgan fingerprint density at radius 2 is 2.00 bits per heavy atom. The van der Waals surface area contributed by atoms with Gasteiger partial charge in [0.2, 0.25) is 5.91 Å². The van der Waals surface area contributed by atoms with Crippen LogP contribution in [0, 0.1) is 0 Å². The van der Waals surface area contributed by atoms with Crippen molar-refractivity contribution in [2.45, 2.75) is 46.6 Å². The number of nitrogens with zero attached hydrogens (tertiary/aromatic N) is 2. The van der Waals surface area contributed by atoms with Crippen LogP contribution in [0.3, 0.4) is 0 Å². The van der Waals surface area contributed by atoms with Crippen LogP contribution in [0.1, 0.15) is 45.9 Å². The van der Waals surface area contributed by atoms with Crippen LogP contribution in [0.5, 0.6) is 0 Å². The van der Waals surface area contributed by atoms with E-state index in [0.717, 1.165) is 11.4 Å². The summed E-state index contributed by atoms with van der Waals surface area (Å²) in [5, 5.41) is 9.68. The topological polar surface area (TPSA) is 57.3 Å². The van der Waals surface area contributed by atoms with Crippen LogP contribution in [0.25, 0.3) is 0 Å². The first-order valence-corrected chi connectivity index (χ1v) is 9.88. The first-order valence-electron chi connectivity index (χ1n) is 8.59. The molecule has 0 radical (unpaired) electrons. The lowest BCUT2D eigenvalue weighted by molar-refractivity contribution is -0.116. The van der Waals surface area contributed by atoms with Gasteiger partial charge in [-0.15, -0.1) is 11.3 Å². The highest BCUT2D eigenvalue weighted by Gasteiger charge is 2.18. The number of hydrogen-bond acceptors (Lipinski definition) is 4. The van der Waals surface area contributed by atoms with E-state index in [9.17, 15) is 4.79 Å². The Morgan fingerprint density at radius 1 is 1.31 bits per heavy atom. The Kier molecular flexibility index (Phi) is 6.72. The lowest BCUT2D eigenvalue weighted by Crippen LogP contribution is -2.30. The number of amides is 1. The summed E-state index contributed by atoms with van der Waals surface area (Å²) in [7, 11) is 0. The number of anilines is 2. The zero-order valence-electron chi connectivity index (χ0n) is 15.9. The molecule has 0 bridgehead atoms. The molecule has 7 heteroatoms. The maximum absolute atomic E-state index is 11.6. The number of para-hydroxylation sites is 1. The average Bonchev–Trinajstić information content (AvgIpc) is 3.01. The van der Waals surface area contributed by atoms with Crippen molar-refractivity contribution in [1.29, 1.82) is 0 Å². The molecule has 0 aliphatic carbocycles. The fourth-order valence-corrected chi connectivity index (χ4v) is 3.69. The molecule has 1 aromatic heterocycles. The lowest BCUT2D eigenvalue weighted by atomic mass is 9.86. The number of hydrogen-bond donors (Lipinski definition) is 2. The first-order chi connectivity index (χ1) is 12.2. The molecular formula is C19H26N4OS2. The Labute approximate surface area is 164 Å². The van der Waals surface area contributed by atoms with Gasteiger partial charge in [-0.05, 0) is 36.2 Å². The molecule has 1 heterocycles. The molecule has 2 rings (SSSR count). The molecule has 0 saturated carbocycles. The van der Waals surface area contributed by atoms with Gasteiger partial charge in [0.05, 0.1) is 12.2 Å². The molecule has 2 aromatic rings. The third-order valence-corrected chi connectivity index (χ3v) is 5.04. The highest BCUT2D eigenvalue weighted by Crippen LogP contribution is 2.29. The molecule has 0 atom stereocenters. The van der Waals surface area contributed by atoms with Gasteiger partial charge < -0.3 is 10.6 Å². The van der Waals surface area contributed by atoms with Gasteiger partial charge in [-0.2, -0.15) is 0 Å². The fraction of sp³-hybridized carbons (Fsp3) is 0.421. The Morgan fingerprint density at radius 3 is 2.62 bits per heavy atom.